The first kappa shape index (κ1) is 13.6. The Morgan fingerprint density at radius 1 is 1.37 bits per heavy atom. The minimum absolute atomic E-state index is 0.225. The van der Waals surface area contributed by atoms with Gasteiger partial charge in [0.25, 0.3) is 0 Å². The van der Waals surface area contributed by atoms with Gasteiger partial charge in [-0.15, -0.1) is 11.3 Å². The van der Waals surface area contributed by atoms with E-state index in [2.05, 4.69) is 29.8 Å². The Labute approximate surface area is 119 Å². The first-order valence-corrected chi connectivity index (χ1v) is 8.20. The lowest BCUT2D eigenvalue weighted by molar-refractivity contribution is -0.179. The van der Waals surface area contributed by atoms with Crippen molar-refractivity contribution in [1.82, 2.24) is 5.32 Å². The van der Waals surface area contributed by atoms with Crippen molar-refractivity contribution in [3.8, 4) is 0 Å². The van der Waals surface area contributed by atoms with E-state index < -0.39 is 0 Å². The van der Waals surface area contributed by atoms with Crippen LogP contribution < -0.4 is 5.32 Å². The molecule has 3 nitrogen and oxygen atoms in total. The molecule has 19 heavy (non-hydrogen) atoms. The number of hydrogen-bond acceptors (Lipinski definition) is 4. The Morgan fingerprint density at radius 3 is 2.74 bits per heavy atom. The third-order valence-corrected chi connectivity index (χ3v) is 5.41. The van der Waals surface area contributed by atoms with E-state index in [1.807, 2.05) is 11.3 Å². The van der Waals surface area contributed by atoms with Crippen molar-refractivity contribution < 1.29 is 9.47 Å². The molecule has 1 spiro atoms. The minimum atomic E-state index is -0.225. The number of nitrogens with one attached hydrogen (secondary N) is 1. The summed E-state index contributed by atoms with van der Waals surface area (Å²) in [4.78, 5) is 1.47. The standard InChI is InChI=1S/C15H23NO2S/c1-12(14-3-2-10-19-14)11-16-13-4-6-15(7-5-13)17-8-9-18-15/h2-3,10,12-13,16H,4-9,11H2,1H3. The number of rotatable bonds is 4. The summed E-state index contributed by atoms with van der Waals surface area (Å²) in [6.07, 6.45) is 4.41. The average Bonchev–Trinajstić information content (AvgIpc) is 3.09. The average molecular weight is 281 g/mol. The van der Waals surface area contributed by atoms with E-state index in [1.54, 1.807) is 0 Å². The van der Waals surface area contributed by atoms with Gasteiger partial charge in [0.15, 0.2) is 5.79 Å². The van der Waals surface area contributed by atoms with Crippen molar-refractivity contribution in [2.24, 2.45) is 0 Å². The minimum Gasteiger partial charge on any atom is -0.348 e. The molecule has 2 aliphatic rings. The van der Waals surface area contributed by atoms with E-state index in [1.165, 1.54) is 4.88 Å². The number of ether oxygens (including phenoxy) is 2. The highest BCUT2D eigenvalue weighted by Crippen LogP contribution is 2.35. The van der Waals surface area contributed by atoms with Gasteiger partial charge in [-0.1, -0.05) is 13.0 Å². The van der Waals surface area contributed by atoms with E-state index >= 15 is 0 Å². The van der Waals surface area contributed by atoms with Crippen molar-refractivity contribution in [2.75, 3.05) is 19.8 Å². The van der Waals surface area contributed by atoms with Crippen LogP contribution in [0.1, 0.15) is 43.4 Å². The maximum atomic E-state index is 5.77. The maximum absolute atomic E-state index is 5.77. The highest BCUT2D eigenvalue weighted by atomic mass is 32.1. The fraction of sp³-hybridized carbons (Fsp3) is 0.733. The van der Waals surface area contributed by atoms with Gasteiger partial charge >= 0.3 is 0 Å². The summed E-state index contributed by atoms with van der Waals surface area (Å²) in [5.41, 5.74) is 0. The van der Waals surface area contributed by atoms with Crippen LogP contribution in [0.3, 0.4) is 0 Å². The molecule has 0 bridgehead atoms. The van der Waals surface area contributed by atoms with Crippen molar-refractivity contribution in [1.29, 1.82) is 0 Å². The van der Waals surface area contributed by atoms with Crippen molar-refractivity contribution in [2.45, 2.75) is 50.4 Å². The Balaban J connectivity index is 1.42. The zero-order valence-corrected chi connectivity index (χ0v) is 12.4. The van der Waals surface area contributed by atoms with E-state index in [9.17, 15) is 0 Å². The third kappa shape index (κ3) is 3.19. The van der Waals surface area contributed by atoms with Crippen LogP contribution in [0.5, 0.6) is 0 Å². The largest absolute Gasteiger partial charge is 0.348 e. The highest BCUT2D eigenvalue weighted by Gasteiger charge is 2.40. The molecule has 0 aromatic carbocycles. The molecule has 1 saturated heterocycles. The quantitative estimate of drug-likeness (QED) is 0.920. The summed E-state index contributed by atoms with van der Waals surface area (Å²) in [6, 6.07) is 4.99. The molecule has 2 fully saturated rings. The molecule has 1 aromatic heterocycles. The molecule has 0 amide bonds. The summed E-state index contributed by atoms with van der Waals surface area (Å²) >= 11 is 1.85. The second-order valence-corrected chi connectivity index (χ2v) is 6.69. The maximum Gasteiger partial charge on any atom is 0.168 e. The molecule has 1 atom stereocenters. The number of hydrogen-bond donors (Lipinski definition) is 1. The van der Waals surface area contributed by atoms with Gasteiger partial charge in [0, 0.05) is 36.2 Å². The molecule has 0 radical (unpaired) electrons. The van der Waals surface area contributed by atoms with E-state index in [0.717, 1.165) is 45.4 Å². The topological polar surface area (TPSA) is 30.5 Å². The summed E-state index contributed by atoms with van der Waals surface area (Å²) in [5.74, 6) is 0.382. The SMILES string of the molecule is CC(CNC1CCC2(CC1)OCCO2)c1cccs1. The lowest BCUT2D eigenvalue weighted by Gasteiger charge is -2.36. The smallest absolute Gasteiger partial charge is 0.168 e. The molecular formula is C15H23NO2S. The van der Waals surface area contributed by atoms with Crippen molar-refractivity contribution in [3.05, 3.63) is 22.4 Å². The van der Waals surface area contributed by atoms with Crippen molar-refractivity contribution in [3.63, 3.8) is 0 Å². The van der Waals surface area contributed by atoms with E-state index in [-0.39, 0.29) is 5.79 Å². The summed E-state index contributed by atoms with van der Waals surface area (Å²) in [6.45, 7) is 4.91. The van der Waals surface area contributed by atoms with Crippen LogP contribution in [-0.2, 0) is 9.47 Å². The first-order chi connectivity index (χ1) is 9.27. The molecule has 2 heterocycles. The lowest BCUT2D eigenvalue weighted by Crippen LogP contribution is -2.42. The molecule has 3 rings (SSSR count). The van der Waals surface area contributed by atoms with Gasteiger partial charge < -0.3 is 14.8 Å². The van der Waals surface area contributed by atoms with Crippen LogP contribution in [0.2, 0.25) is 0 Å². The molecule has 1 aliphatic heterocycles. The zero-order chi connectivity index (χ0) is 13.1. The van der Waals surface area contributed by atoms with Gasteiger partial charge in [0.2, 0.25) is 0 Å². The third-order valence-electron chi connectivity index (χ3n) is 4.30. The molecular weight excluding hydrogens is 258 g/mol. The van der Waals surface area contributed by atoms with Crippen LogP contribution >= 0.6 is 11.3 Å². The van der Waals surface area contributed by atoms with Gasteiger partial charge in [-0.25, -0.2) is 0 Å². The molecule has 4 heteroatoms. The zero-order valence-electron chi connectivity index (χ0n) is 11.6. The van der Waals surface area contributed by atoms with Crippen molar-refractivity contribution >= 4 is 11.3 Å². The second kappa shape index (κ2) is 5.92. The van der Waals surface area contributed by atoms with Gasteiger partial charge in [-0.3, -0.25) is 0 Å². The Morgan fingerprint density at radius 2 is 2.11 bits per heavy atom. The molecule has 106 valence electrons. The monoisotopic (exact) mass is 281 g/mol. The molecule has 1 aromatic rings. The first-order valence-electron chi connectivity index (χ1n) is 7.32. The van der Waals surface area contributed by atoms with Crippen LogP contribution in [0.15, 0.2) is 17.5 Å². The Hall–Kier alpha value is -0.420. The molecule has 1 saturated carbocycles. The highest BCUT2D eigenvalue weighted by molar-refractivity contribution is 7.10. The van der Waals surface area contributed by atoms with Crippen LogP contribution in [-0.4, -0.2) is 31.6 Å². The predicted octanol–water partition coefficient (Wildman–Crippen LogP) is 3.13. The fourth-order valence-electron chi connectivity index (χ4n) is 3.06. The molecule has 1 unspecified atom stereocenters. The summed E-state index contributed by atoms with van der Waals surface area (Å²) in [5, 5.41) is 5.87. The van der Waals surface area contributed by atoms with Crippen LogP contribution in [0.25, 0.3) is 0 Å². The Bertz CT molecular complexity index is 377. The van der Waals surface area contributed by atoms with Gasteiger partial charge in [-0.2, -0.15) is 0 Å². The lowest BCUT2D eigenvalue weighted by atomic mass is 9.90. The van der Waals surface area contributed by atoms with Gasteiger partial charge in [0.1, 0.15) is 0 Å². The summed E-state index contributed by atoms with van der Waals surface area (Å²) in [7, 11) is 0. The number of thiophene rings is 1. The molecule has 1 aliphatic carbocycles. The summed E-state index contributed by atoms with van der Waals surface area (Å²) < 4.78 is 11.5. The fourth-order valence-corrected chi connectivity index (χ4v) is 3.85. The van der Waals surface area contributed by atoms with Crippen LogP contribution in [0, 0.1) is 0 Å². The van der Waals surface area contributed by atoms with E-state index in [0.29, 0.717) is 12.0 Å². The second-order valence-electron chi connectivity index (χ2n) is 5.71. The predicted molar refractivity (Wildman–Crippen MR) is 77.6 cm³/mol. The van der Waals surface area contributed by atoms with Gasteiger partial charge in [-0.05, 0) is 24.3 Å². The molecule has 1 N–H and O–H groups in total. The Kier molecular flexibility index (Phi) is 4.22. The van der Waals surface area contributed by atoms with Gasteiger partial charge in [0.05, 0.1) is 13.2 Å². The normalized spacial score (nSPS) is 24.9. The van der Waals surface area contributed by atoms with Crippen LogP contribution in [0.4, 0.5) is 0 Å². The van der Waals surface area contributed by atoms with E-state index in [4.69, 9.17) is 9.47 Å².